The number of aromatic nitrogens is 4. The highest BCUT2D eigenvalue weighted by atomic mass is 19.1. The molecule has 0 bridgehead atoms. The van der Waals surface area contributed by atoms with Crippen molar-refractivity contribution in [3.8, 4) is 11.5 Å². The molecule has 8 nitrogen and oxygen atoms in total. The topological polar surface area (TPSA) is 97.9 Å². The van der Waals surface area contributed by atoms with E-state index in [-0.39, 0.29) is 6.54 Å². The number of fused-ring (bicyclic) bond motifs is 3. The van der Waals surface area contributed by atoms with Gasteiger partial charge in [-0.05, 0) is 29.8 Å². The Balaban J connectivity index is 1.45. The number of pyridine rings is 1. The van der Waals surface area contributed by atoms with Gasteiger partial charge in [0.2, 0.25) is 5.89 Å². The third kappa shape index (κ3) is 3.55. The Morgan fingerprint density at radius 3 is 2.61 bits per heavy atom. The van der Waals surface area contributed by atoms with Crippen LogP contribution in [0.1, 0.15) is 15.9 Å². The molecular weight excluding hydrogens is 430 g/mol. The molecule has 10 heteroatoms. The van der Waals surface area contributed by atoms with Crippen molar-refractivity contribution in [2.75, 3.05) is 12.4 Å². The number of halogens is 2. The second kappa shape index (κ2) is 7.97. The van der Waals surface area contributed by atoms with Crippen molar-refractivity contribution >= 4 is 34.0 Å². The van der Waals surface area contributed by atoms with Gasteiger partial charge in [-0.25, -0.2) is 18.7 Å². The van der Waals surface area contributed by atoms with Gasteiger partial charge in [-0.1, -0.05) is 18.2 Å². The van der Waals surface area contributed by atoms with Crippen molar-refractivity contribution in [1.29, 1.82) is 0 Å². The normalized spacial score (nSPS) is 11.3. The van der Waals surface area contributed by atoms with Crippen LogP contribution in [0.3, 0.4) is 0 Å². The number of aryl methyl sites for hydroxylation is 1. The minimum absolute atomic E-state index is 0.0643. The molecule has 1 amide bonds. The molecule has 0 saturated heterocycles. The van der Waals surface area contributed by atoms with Gasteiger partial charge in [0.1, 0.15) is 28.2 Å². The molecule has 0 spiro atoms. The minimum atomic E-state index is -0.914. The summed E-state index contributed by atoms with van der Waals surface area (Å²) in [7, 11) is 3.62. The Labute approximate surface area is 186 Å². The lowest BCUT2D eigenvalue weighted by Crippen LogP contribution is -2.25. The van der Waals surface area contributed by atoms with Gasteiger partial charge in [0.05, 0.1) is 6.33 Å². The van der Waals surface area contributed by atoms with E-state index in [0.29, 0.717) is 39.6 Å². The van der Waals surface area contributed by atoms with Crippen LogP contribution in [0.4, 0.5) is 14.6 Å². The second-order valence-electron chi connectivity index (χ2n) is 7.42. The van der Waals surface area contributed by atoms with Crippen molar-refractivity contribution in [3.05, 3.63) is 71.6 Å². The number of amides is 1. The molecule has 0 radical (unpaired) electrons. The van der Waals surface area contributed by atoms with Crippen molar-refractivity contribution in [2.45, 2.75) is 6.54 Å². The SMILES string of the molecule is CNc1nc2oc(-c3cccc(CNC(=O)c4c(F)cccc4F)c3)nc2c2c1ncn2C. The predicted octanol–water partition coefficient (Wildman–Crippen LogP) is 4.03. The monoisotopic (exact) mass is 448 g/mol. The lowest BCUT2D eigenvalue weighted by molar-refractivity contribution is 0.0942. The molecule has 0 saturated carbocycles. The largest absolute Gasteiger partial charge is 0.418 e. The fourth-order valence-electron chi connectivity index (χ4n) is 3.68. The number of carbonyl (C=O) groups is 1. The van der Waals surface area contributed by atoms with Crippen LogP contribution in [0.5, 0.6) is 0 Å². The van der Waals surface area contributed by atoms with E-state index in [0.717, 1.165) is 17.6 Å². The summed E-state index contributed by atoms with van der Waals surface area (Å²) in [6.45, 7) is 0.0643. The van der Waals surface area contributed by atoms with Crippen LogP contribution >= 0.6 is 0 Å². The number of rotatable bonds is 5. The van der Waals surface area contributed by atoms with Gasteiger partial charge in [-0.15, -0.1) is 0 Å². The molecular formula is C23H18F2N6O2. The first-order chi connectivity index (χ1) is 16.0. The molecule has 2 N–H and O–H groups in total. The number of nitrogens with one attached hydrogen (secondary N) is 2. The summed E-state index contributed by atoms with van der Waals surface area (Å²) in [4.78, 5) is 25.7. The smallest absolute Gasteiger partial charge is 0.257 e. The number of hydrogen-bond acceptors (Lipinski definition) is 6. The fraction of sp³-hybridized carbons (Fsp3) is 0.130. The van der Waals surface area contributed by atoms with Crippen LogP contribution in [0.25, 0.3) is 33.7 Å². The van der Waals surface area contributed by atoms with E-state index >= 15 is 0 Å². The summed E-state index contributed by atoms with van der Waals surface area (Å²) in [6.07, 6.45) is 1.68. The van der Waals surface area contributed by atoms with Crippen LogP contribution in [0.15, 0.2) is 53.2 Å². The number of hydrogen-bond donors (Lipinski definition) is 2. The van der Waals surface area contributed by atoms with Gasteiger partial charge in [0, 0.05) is 26.2 Å². The summed E-state index contributed by atoms with van der Waals surface area (Å²) in [5.41, 5.74) is 3.16. The molecule has 33 heavy (non-hydrogen) atoms. The van der Waals surface area contributed by atoms with Crippen molar-refractivity contribution in [2.24, 2.45) is 7.05 Å². The fourth-order valence-corrected chi connectivity index (χ4v) is 3.68. The second-order valence-corrected chi connectivity index (χ2v) is 7.42. The molecule has 0 fully saturated rings. The minimum Gasteiger partial charge on any atom is -0.418 e. The lowest BCUT2D eigenvalue weighted by atomic mass is 10.1. The Hall–Kier alpha value is -4.34. The number of imidazole rings is 1. The maximum absolute atomic E-state index is 13.8. The molecule has 5 aromatic rings. The van der Waals surface area contributed by atoms with Gasteiger partial charge in [-0.2, -0.15) is 4.98 Å². The first kappa shape index (κ1) is 20.6. The van der Waals surface area contributed by atoms with Crippen molar-refractivity contribution in [3.63, 3.8) is 0 Å². The summed E-state index contributed by atoms with van der Waals surface area (Å²) < 4.78 is 35.5. The van der Waals surface area contributed by atoms with Crippen LogP contribution in [0, 0.1) is 11.6 Å². The molecule has 0 aliphatic rings. The first-order valence-corrected chi connectivity index (χ1v) is 10.1. The van der Waals surface area contributed by atoms with E-state index in [4.69, 9.17) is 4.42 Å². The number of nitrogens with zero attached hydrogens (tertiary/aromatic N) is 4. The number of anilines is 1. The van der Waals surface area contributed by atoms with E-state index in [1.807, 2.05) is 17.7 Å². The Bertz CT molecular complexity index is 1500. The van der Waals surface area contributed by atoms with Gasteiger partial charge in [0.15, 0.2) is 11.3 Å². The zero-order chi connectivity index (χ0) is 23.1. The Morgan fingerprint density at radius 2 is 1.85 bits per heavy atom. The van der Waals surface area contributed by atoms with E-state index < -0.39 is 23.1 Å². The summed E-state index contributed by atoms with van der Waals surface area (Å²) in [5, 5.41) is 5.56. The maximum atomic E-state index is 13.8. The molecule has 2 aromatic carbocycles. The van der Waals surface area contributed by atoms with E-state index in [1.165, 1.54) is 6.07 Å². The molecule has 5 rings (SSSR count). The van der Waals surface area contributed by atoms with Gasteiger partial charge >= 0.3 is 0 Å². The van der Waals surface area contributed by atoms with Crippen molar-refractivity contribution < 1.29 is 18.0 Å². The molecule has 0 atom stereocenters. The summed E-state index contributed by atoms with van der Waals surface area (Å²) in [5.74, 6) is -1.73. The van der Waals surface area contributed by atoms with Gasteiger partial charge in [0.25, 0.3) is 11.6 Å². The molecule has 0 aliphatic heterocycles. The van der Waals surface area contributed by atoms with E-state index in [1.54, 1.807) is 31.6 Å². The molecule has 0 aliphatic carbocycles. The Kier molecular flexibility index (Phi) is 4.97. The van der Waals surface area contributed by atoms with Crippen LogP contribution < -0.4 is 10.6 Å². The highest BCUT2D eigenvalue weighted by Gasteiger charge is 2.19. The molecule has 0 unspecified atom stereocenters. The van der Waals surface area contributed by atoms with Crippen LogP contribution in [0.2, 0.25) is 0 Å². The summed E-state index contributed by atoms with van der Waals surface area (Å²) >= 11 is 0. The third-order valence-corrected chi connectivity index (χ3v) is 5.26. The lowest BCUT2D eigenvalue weighted by Gasteiger charge is -2.08. The molecule has 3 aromatic heterocycles. The highest BCUT2D eigenvalue weighted by molar-refractivity contribution is 6.03. The van der Waals surface area contributed by atoms with Crippen LogP contribution in [-0.4, -0.2) is 32.5 Å². The van der Waals surface area contributed by atoms with E-state index in [9.17, 15) is 13.6 Å². The van der Waals surface area contributed by atoms with Crippen molar-refractivity contribution in [1.82, 2.24) is 24.8 Å². The Morgan fingerprint density at radius 1 is 1.09 bits per heavy atom. The van der Waals surface area contributed by atoms with Gasteiger partial charge in [-0.3, -0.25) is 4.79 Å². The zero-order valence-corrected chi connectivity index (χ0v) is 17.7. The van der Waals surface area contributed by atoms with Gasteiger partial charge < -0.3 is 19.6 Å². The first-order valence-electron chi connectivity index (χ1n) is 10.1. The average molecular weight is 448 g/mol. The van der Waals surface area contributed by atoms with Crippen LogP contribution in [-0.2, 0) is 13.6 Å². The zero-order valence-electron chi connectivity index (χ0n) is 17.7. The maximum Gasteiger partial charge on any atom is 0.257 e. The highest BCUT2D eigenvalue weighted by Crippen LogP contribution is 2.31. The van der Waals surface area contributed by atoms with E-state index in [2.05, 4.69) is 25.6 Å². The molecule has 166 valence electrons. The third-order valence-electron chi connectivity index (χ3n) is 5.26. The standard InChI is InChI=1S/C23H18F2N6O2/c1-26-20-17-19(31(2)11-28-17)18-23(30-20)33-22(29-18)13-6-3-5-12(9-13)10-27-21(32)16-14(24)7-4-8-15(16)25/h3-9,11H,10H2,1-2H3,(H,26,30)(H,27,32). The number of benzene rings is 2. The predicted molar refractivity (Wildman–Crippen MR) is 119 cm³/mol. The quantitative estimate of drug-likeness (QED) is 0.421. The summed E-state index contributed by atoms with van der Waals surface area (Å²) in [6, 6.07) is 10.4. The number of oxazole rings is 1. The number of carbonyl (C=O) groups excluding carboxylic acids is 1. The average Bonchev–Trinajstić information content (AvgIpc) is 3.41. The molecule has 3 heterocycles.